The van der Waals surface area contributed by atoms with Gasteiger partial charge in [-0.25, -0.2) is 0 Å². The number of hydrogen-bond donors (Lipinski definition) is 3. The van der Waals surface area contributed by atoms with Gasteiger partial charge in [-0.2, -0.15) is 0 Å². The summed E-state index contributed by atoms with van der Waals surface area (Å²) in [5.41, 5.74) is 10.4. The van der Waals surface area contributed by atoms with Gasteiger partial charge in [-0.1, -0.05) is 54.6 Å². The number of aromatic nitrogens is 1. The van der Waals surface area contributed by atoms with Gasteiger partial charge in [0.25, 0.3) is 5.91 Å². The SMILES string of the molecule is CC(=O)n1cc(C2C=C(C(=O)Nc3ccccc3N)OC(OCc3ccc(CO)cc3)C2)c2ccccc21. The van der Waals surface area contributed by atoms with Crippen molar-refractivity contribution in [2.75, 3.05) is 11.1 Å². The Morgan fingerprint density at radius 3 is 2.50 bits per heavy atom. The highest BCUT2D eigenvalue weighted by atomic mass is 16.7. The Balaban J connectivity index is 1.45. The second kappa shape index (κ2) is 10.9. The highest BCUT2D eigenvalue weighted by molar-refractivity contribution is 6.04. The molecule has 2 unspecified atom stereocenters. The number of nitrogens with zero attached hydrogens (tertiary/aromatic N) is 1. The summed E-state index contributed by atoms with van der Waals surface area (Å²) < 4.78 is 13.8. The average Bonchev–Trinajstić information content (AvgIpc) is 3.33. The van der Waals surface area contributed by atoms with Gasteiger partial charge < -0.3 is 25.6 Å². The number of carbonyl (C=O) groups is 2. The first-order valence-corrected chi connectivity index (χ1v) is 12.4. The smallest absolute Gasteiger partial charge is 0.290 e. The van der Waals surface area contributed by atoms with E-state index in [1.807, 2.05) is 54.7 Å². The van der Waals surface area contributed by atoms with Crippen LogP contribution in [0.15, 0.2) is 90.8 Å². The van der Waals surface area contributed by atoms with Crippen molar-refractivity contribution in [1.82, 2.24) is 4.57 Å². The fourth-order valence-electron chi connectivity index (χ4n) is 4.62. The number of carbonyl (C=O) groups excluding carboxylic acids is 2. The Labute approximate surface area is 220 Å². The van der Waals surface area contributed by atoms with E-state index in [0.717, 1.165) is 27.6 Å². The maximum Gasteiger partial charge on any atom is 0.290 e. The molecule has 4 aromatic rings. The summed E-state index contributed by atoms with van der Waals surface area (Å²) in [5, 5.41) is 13.0. The van der Waals surface area contributed by atoms with E-state index in [9.17, 15) is 14.7 Å². The predicted octanol–water partition coefficient (Wildman–Crippen LogP) is 4.95. The molecule has 1 aliphatic heterocycles. The number of nitrogens with one attached hydrogen (secondary N) is 1. The average molecular weight is 512 g/mol. The summed E-state index contributed by atoms with van der Waals surface area (Å²) in [7, 11) is 0. The zero-order valence-electron chi connectivity index (χ0n) is 21.0. The lowest BCUT2D eigenvalue weighted by atomic mass is 9.92. The number of fused-ring (bicyclic) bond motifs is 1. The molecular formula is C30H29N3O5. The summed E-state index contributed by atoms with van der Waals surface area (Å²) in [6.45, 7) is 1.75. The van der Waals surface area contributed by atoms with Gasteiger partial charge in [-0.15, -0.1) is 0 Å². The van der Waals surface area contributed by atoms with E-state index >= 15 is 0 Å². The van der Waals surface area contributed by atoms with Crippen molar-refractivity contribution in [3.05, 3.63) is 108 Å². The normalized spacial score (nSPS) is 17.1. The minimum absolute atomic E-state index is 0.0301. The first-order chi connectivity index (χ1) is 18.4. The topological polar surface area (TPSA) is 116 Å². The van der Waals surface area contributed by atoms with Crippen LogP contribution in [0.4, 0.5) is 11.4 Å². The van der Waals surface area contributed by atoms with Crippen molar-refractivity contribution in [3.63, 3.8) is 0 Å². The molecule has 5 rings (SSSR count). The number of nitrogen functional groups attached to an aromatic ring is 1. The number of rotatable bonds is 7. The molecule has 2 heterocycles. The number of para-hydroxylation sites is 3. The van der Waals surface area contributed by atoms with Crippen LogP contribution < -0.4 is 11.1 Å². The number of hydrogen-bond acceptors (Lipinski definition) is 6. The van der Waals surface area contributed by atoms with Crippen molar-refractivity contribution < 1.29 is 24.2 Å². The van der Waals surface area contributed by atoms with Crippen LogP contribution in [0.25, 0.3) is 10.9 Å². The van der Waals surface area contributed by atoms with E-state index in [-0.39, 0.29) is 30.8 Å². The van der Waals surface area contributed by atoms with Crippen LogP contribution in [0, 0.1) is 0 Å². The zero-order valence-corrected chi connectivity index (χ0v) is 21.0. The van der Waals surface area contributed by atoms with Gasteiger partial charge in [0.15, 0.2) is 5.76 Å². The Hall–Kier alpha value is -4.40. The number of anilines is 2. The Morgan fingerprint density at radius 1 is 1.05 bits per heavy atom. The number of benzene rings is 3. The Morgan fingerprint density at radius 2 is 1.76 bits per heavy atom. The molecule has 2 atom stereocenters. The van der Waals surface area contributed by atoms with Crippen LogP contribution in [0.3, 0.4) is 0 Å². The number of allylic oxidation sites excluding steroid dienone is 1. The Kier molecular flexibility index (Phi) is 7.26. The van der Waals surface area contributed by atoms with Crippen LogP contribution in [0.2, 0.25) is 0 Å². The van der Waals surface area contributed by atoms with E-state index in [4.69, 9.17) is 15.2 Å². The molecule has 4 N–H and O–H groups in total. The summed E-state index contributed by atoms with van der Waals surface area (Å²) in [6, 6.07) is 22.1. The van der Waals surface area contributed by atoms with Crippen molar-refractivity contribution in [1.29, 1.82) is 0 Å². The number of nitrogens with two attached hydrogens (primary N) is 1. The van der Waals surface area contributed by atoms with Gasteiger partial charge in [0.05, 0.1) is 30.1 Å². The van der Waals surface area contributed by atoms with Crippen molar-refractivity contribution in [2.45, 2.75) is 38.8 Å². The van der Waals surface area contributed by atoms with E-state index in [0.29, 0.717) is 17.8 Å². The molecule has 3 aromatic carbocycles. The predicted molar refractivity (Wildman–Crippen MR) is 145 cm³/mol. The molecule has 8 nitrogen and oxygen atoms in total. The molecule has 0 aliphatic carbocycles. The number of aliphatic hydroxyl groups is 1. The first-order valence-electron chi connectivity index (χ1n) is 12.4. The number of ether oxygens (including phenoxy) is 2. The quantitative estimate of drug-likeness (QED) is 0.303. The molecule has 0 bridgehead atoms. The third-order valence-electron chi connectivity index (χ3n) is 6.61. The standard InChI is InChI=1S/C30H29N3O5/c1-19(35)33-16-24(23-6-2-5-9-27(23)33)22-14-28(30(36)32-26-8-4-3-7-25(26)31)38-29(15-22)37-18-21-12-10-20(17-34)11-13-21/h2-14,16,22,29,34H,15,17-18,31H2,1H3,(H,32,36). The maximum absolute atomic E-state index is 13.3. The second-order valence-corrected chi connectivity index (χ2v) is 9.24. The third kappa shape index (κ3) is 5.32. The first kappa shape index (κ1) is 25.3. The number of amides is 1. The van der Waals surface area contributed by atoms with Crippen molar-refractivity contribution in [3.8, 4) is 0 Å². The van der Waals surface area contributed by atoms with E-state index in [1.165, 1.54) is 6.92 Å². The second-order valence-electron chi connectivity index (χ2n) is 9.24. The van der Waals surface area contributed by atoms with Crippen LogP contribution in [0.1, 0.15) is 40.7 Å². The van der Waals surface area contributed by atoms with Gasteiger partial charge >= 0.3 is 0 Å². The molecule has 194 valence electrons. The van der Waals surface area contributed by atoms with Gasteiger partial charge in [0, 0.05) is 30.8 Å². The molecule has 0 saturated heterocycles. The lowest BCUT2D eigenvalue weighted by Crippen LogP contribution is -2.29. The van der Waals surface area contributed by atoms with E-state index < -0.39 is 12.2 Å². The Bertz CT molecular complexity index is 1510. The van der Waals surface area contributed by atoms with Crippen LogP contribution >= 0.6 is 0 Å². The lowest BCUT2D eigenvalue weighted by molar-refractivity contribution is -0.147. The third-order valence-corrected chi connectivity index (χ3v) is 6.61. The highest BCUT2D eigenvalue weighted by Crippen LogP contribution is 2.37. The van der Waals surface area contributed by atoms with Gasteiger partial charge in [-0.3, -0.25) is 14.2 Å². The summed E-state index contributed by atoms with van der Waals surface area (Å²) in [4.78, 5) is 25.6. The summed E-state index contributed by atoms with van der Waals surface area (Å²) in [5.74, 6) is -0.668. The summed E-state index contributed by atoms with van der Waals surface area (Å²) >= 11 is 0. The molecule has 1 amide bonds. The fourth-order valence-corrected chi connectivity index (χ4v) is 4.62. The van der Waals surface area contributed by atoms with Crippen molar-refractivity contribution >= 4 is 34.1 Å². The van der Waals surface area contributed by atoms with Crippen LogP contribution in [-0.4, -0.2) is 27.8 Å². The zero-order chi connectivity index (χ0) is 26.6. The molecule has 1 aliphatic rings. The molecule has 0 fully saturated rings. The van der Waals surface area contributed by atoms with Crippen LogP contribution in [-0.2, 0) is 27.5 Å². The minimum Gasteiger partial charge on any atom is -0.459 e. The number of aliphatic hydroxyl groups excluding tert-OH is 1. The van der Waals surface area contributed by atoms with Gasteiger partial charge in [0.1, 0.15) is 0 Å². The monoisotopic (exact) mass is 511 g/mol. The largest absolute Gasteiger partial charge is 0.459 e. The molecular weight excluding hydrogens is 482 g/mol. The van der Waals surface area contributed by atoms with E-state index in [2.05, 4.69) is 5.32 Å². The molecule has 0 saturated carbocycles. The maximum atomic E-state index is 13.3. The van der Waals surface area contributed by atoms with Crippen molar-refractivity contribution in [2.24, 2.45) is 0 Å². The fraction of sp³-hybridized carbons (Fsp3) is 0.200. The molecule has 0 spiro atoms. The molecule has 8 heteroatoms. The highest BCUT2D eigenvalue weighted by Gasteiger charge is 2.31. The van der Waals surface area contributed by atoms with Gasteiger partial charge in [-0.05, 0) is 41.0 Å². The van der Waals surface area contributed by atoms with Gasteiger partial charge in [0.2, 0.25) is 12.2 Å². The summed E-state index contributed by atoms with van der Waals surface area (Å²) in [6.07, 6.45) is 3.34. The van der Waals surface area contributed by atoms with E-state index in [1.54, 1.807) is 34.9 Å². The molecule has 38 heavy (non-hydrogen) atoms. The molecule has 1 aromatic heterocycles. The lowest BCUT2D eigenvalue weighted by Gasteiger charge is -2.29. The van der Waals surface area contributed by atoms with Crippen LogP contribution in [0.5, 0.6) is 0 Å². The minimum atomic E-state index is -0.712. The molecule has 0 radical (unpaired) electrons.